The number of amides is 1. The summed E-state index contributed by atoms with van der Waals surface area (Å²) >= 11 is 3.36. The fraction of sp³-hybridized carbons (Fsp3) is 0.429. The fourth-order valence-corrected chi connectivity index (χ4v) is 4.62. The van der Waals surface area contributed by atoms with Crippen LogP contribution in [0.25, 0.3) is 0 Å². The van der Waals surface area contributed by atoms with Crippen molar-refractivity contribution in [1.82, 2.24) is 9.47 Å². The molecular formula is C21H23BrN2O5. The van der Waals surface area contributed by atoms with Gasteiger partial charge in [0, 0.05) is 32.9 Å². The van der Waals surface area contributed by atoms with Gasteiger partial charge >= 0.3 is 0 Å². The van der Waals surface area contributed by atoms with Gasteiger partial charge in [-0.2, -0.15) is 0 Å². The molecule has 0 radical (unpaired) electrons. The van der Waals surface area contributed by atoms with Crippen molar-refractivity contribution >= 4 is 21.8 Å². The summed E-state index contributed by atoms with van der Waals surface area (Å²) < 4.78 is 19.6. The largest absolute Gasteiger partial charge is 0.483 e. The predicted octanol–water partition coefficient (Wildman–Crippen LogP) is 2.75. The molecule has 0 saturated carbocycles. The third kappa shape index (κ3) is 3.19. The highest BCUT2D eigenvalue weighted by Gasteiger charge is 2.54. The van der Waals surface area contributed by atoms with E-state index in [9.17, 15) is 9.59 Å². The predicted molar refractivity (Wildman–Crippen MR) is 110 cm³/mol. The summed E-state index contributed by atoms with van der Waals surface area (Å²) in [4.78, 5) is 28.0. The monoisotopic (exact) mass is 462 g/mol. The topological polar surface area (TPSA) is 70.0 Å². The molecule has 1 amide bonds. The summed E-state index contributed by atoms with van der Waals surface area (Å²) in [6, 6.07) is 9.54. The molecule has 4 rings (SSSR count). The van der Waals surface area contributed by atoms with Crippen molar-refractivity contribution in [2.75, 3.05) is 26.9 Å². The van der Waals surface area contributed by atoms with Crippen molar-refractivity contribution < 1.29 is 19.0 Å². The number of hydrogen-bond donors (Lipinski definition) is 0. The lowest BCUT2D eigenvalue weighted by Crippen LogP contribution is -2.62. The van der Waals surface area contributed by atoms with Crippen LogP contribution in [0.4, 0.5) is 0 Å². The van der Waals surface area contributed by atoms with Crippen molar-refractivity contribution in [3.63, 3.8) is 0 Å². The second kappa shape index (κ2) is 7.93. The molecule has 0 bridgehead atoms. The van der Waals surface area contributed by atoms with Crippen molar-refractivity contribution in [3.05, 3.63) is 62.5 Å². The third-order valence-corrected chi connectivity index (χ3v) is 6.19. The number of benzene rings is 1. The summed E-state index contributed by atoms with van der Waals surface area (Å²) in [5, 5.41) is 0. The maximum atomic E-state index is 13.4. The van der Waals surface area contributed by atoms with E-state index < -0.39 is 11.8 Å². The molecule has 1 saturated heterocycles. The van der Waals surface area contributed by atoms with Crippen molar-refractivity contribution in [2.45, 2.75) is 31.7 Å². The zero-order chi connectivity index (χ0) is 20.6. The summed E-state index contributed by atoms with van der Waals surface area (Å²) in [5.74, 6) is -0.239. The molecule has 1 fully saturated rings. The van der Waals surface area contributed by atoms with Crippen LogP contribution in [0.5, 0.6) is 5.75 Å². The molecule has 154 valence electrons. The van der Waals surface area contributed by atoms with E-state index in [1.807, 2.05) is 41.8 Å². The number of fused-ring (bicyclic) bond motifs is 2. The van der Waals surface area contributed by atoms with Crippen LogP contribution < -0.4 is 10.2 Å². The Balaban J connectivity index is 1.88. The summed E-state index contributed by atoms with van der Waals surface area (Å²) in [6.07, 6.45) is 1.83. The number of halogens is 1. The number of hydrogen-bond acceptors (Lipinski definition) is 5. The molecule has 29 heavy (non-hydrogen) atoms. The highest BCUT2D eigenvalue weighted by molar-refractivity contribution is 9.10. The number of aromatic nitrogens is 1. The van der Waals surface area contributed by atoms with Gasteiger partial charge in [0.15, 0.2) is 17.7 Å². The summed E-state index contributed by atoms with van der Waals surface area (Å²) in [6.45, 7) is 3.47. The highest BCUT2D eigenvalue weighted by atomic mass is 79.9. The quantitative estimate of drug-likeness (QED) is 0.682. The first-order chi connectivity index (χ1) is 14.0. The molecule has 2 aromatic rings. The first-order valence-electron chi connectivity index (χ1n) is 9.57. The Morgan fingerprint density at radius 1 is 1.28 bits per heavy atom. The van der Waals surface area contributed by atoms with E-state index in [0.29, 0.717) is 30.7 Å². The first kappa shape index (κ1) is 20.1. The van der Waals surface area contributed by atoms with Gasteiger partial charge in [0.05, 0.1) is 11.1 Å². The van der Waals surface area contributed by atoms with E-state index in [0.717, 1.165) is 5.56 Å². The Kier molecular flexibility index (Phi) is 5.50. The fourth-order valence-electron chi connectivity index (χ4n) is 4.24. The van der Waals surface area contributed by atoms with Crippen molar-refractivity contribution in [3.8, 4) is 5.75 Å². The second-order valence-corrected chi connectivity index (χ2v) is 8.07. The lowest BCUT2D eigenvalue weighted by atomic mass is 9.90. The van der Waals surface area contributed by atoms with Crippen LogP contribution in [0.2, 0.25) is 0 Å². The molecular weight excluding hydrogens is 440 g/mol. The van der Waals surface area contributed by atoms with Crippen molar-refractivity contribution in [1.29, 1.82) is 0 Å². The lowest BCUT2D eigenvalue weighted by Gasteiger charge is -2.48. The minimum Gasteiger partial charge on any atom is -0.483 e. The van der Waals surface area contributed by atoms with Crippen LogP contribution in [-0.2, 0) is 21.6 Å². The minimum absolute atomic E-state index is 0.0486. The molecule has 0 aliphatic carbocycles. The molecule has 2 aliphatic rings. The summed E-state index contributed by atoms with van der Waals surface area (Å²) in [7, 11) is 1.59. The molecule has 1 aromatic heterocycles. The second-order valence-electron chi connectivity index (χ2n) is 7.21. The minimum atomic E-state index is -0.616. The third-order valence-electron chi connectivity index (χ3n) is 5.63. The van der Waals surface area contributed by atoms with Crippen LogP contribution in [0.1, 0.15) is 29.4 Å². The molecule has 1 spiro atoms. The zero-order valence-corrected chi connectivity index (χ0v) is 18.0. The number of rotatable bonds is 5. The highest BCUT2D eigenvalue weighted by Crippen LogP contribution is 2.41. The average Bonchev–Trinajstić information content (AvgIpc) is 3.22. The normalized spacial score (nSPS) is 23.5. The van der Waals surface area contributed by atoms with Crippen LogP contribution in [0, 0.1) is 0 Å². The van der Waals surface area contributed by atoms with Crippen LogP contribution in [-0.4, -0.2) is 48.5 Å². The van der Waals surface area contributed by atoms with Gasteiger partial charge in [-0.3, -0.25) is 9.59 Å². The Labute approximate surface area is 177 Å². The molecule has 3 heterocycles. The van der Waals surface area contributed by atoms with Gasteiger partial charge < -0.3 is 23.7 Å². The molecule has 2 unspecified atom stereocenters. The van der Waals surface area contributed by atoms with E-state index in [4.69, 9.17) is 14.2 Å². The molecule has 0 N–H and O–H groups in total. The van der Waals surface area contributed by atoms with E-state index in [-0.39, 0.29) is 29.4 Å². The molecule has 8 heteroatoms. The number of nitrogens with zero attached hydrogens (tertiary/aromatic N) is 2. The van der Waals surface area contributed by atoms with E-state index in [1.54, 1.807) is 18.2 Å². The number of ether oxygens (including phenoxy) is 3. The van der Waals surface area contributed by atoms with Gasteiger partial charge in [-0.15, -0.1) is 0 Å². The van der Waals surface area contributed by atoms with E-state index in [2.05, 4.69) is 15.9 Å². The molecule has 2 atom stereocenters. The number of likely N-dealkylation sites (N-methyl/N-ethyl adjacent to an activating group) is 1. The van der Waals surface area contributed by atoms with Crippen LogP contribution in [0.3, 0.4) is 0 Å². The van der Waals surface area contributed by atoms with Gasteiger partial charge in [0.1, 0.15) is 12.1 Å². The Bertz CT molecular complexity index is 969. The van der Waals surface area contributed by atoms with Crippen LogP contribution in [0.15, 0.2) is 45.8 Å². The number of methoxy groups -OCH3 is 1. The van der Waals surface area contributed by atoms with Gasteiger partial charge in [-0.1, -0.05) is 30.3 Å². The SMILES string of the molecule is CCN1C(=O)c2c(OCc3ccccc3)c(=O)c(Br)cn2C2(CCOC2)C1OC. The standard InChI is InChI=1S/C21H23BrN2O5/c1-3-23-19(26)16-18(29-12-14-7-5-4-6-8-14)17(25)15(22)11-24(16)21(20(23)27-2)9-10-28-13-21/h4-8,11,20H,3,9-10,12-13H2,1-2H3. The van der Waals surface area contributed by atoms with Gasteiger partial charge in [0.25, 0.3) is 5.91 Å². The molecule has 7 nitrogen and oxygen atoms in total. The van der Waals surface area contributed by atoms with E-state index in [1.165, 1.54) is 0 Å². The number of carbonyl (C=O) groups excluding carboxylic acids is 1. The van der Waals surface area contributed by atoms with Gasteiger partial charge in [0.2, 0.25) is 5.43 Å². The van der Waals surface area contributed by atoms with Gasteiger partial charge in [-0.05, 0) is 28.4 Å². The first-order valence-corrected chi connectivity index (χ1v) is 10.4. The molecule has 1 aromatic carbocycles. The lowest BCUT2D eigenvalue weighted by molar-refractivity contribution is -0.105. The maximum Gasteiger partial charge on any atom is 0.276 e. The Morgan fingerprint density at radius 2 is 2.03 bits per heavy atom. The number of pyridine rings is 1. The van der Waals surface area contributed by atoms with Crippen LogP contribution >= 0.6 is 15.9 Å². The Hall–Kier alpha value is -2.16. The van der Waals surface area contributed by atoms with E-state index >= 15 is 0 Å². The Morgan fingerprint density at radius 3 is 2.66 bits per heavy atom. The molecule has 2 aliphatic heterocycles. The number of carbonyl (C=O) groups is 1. The van der Waals surface area contributed by atoms with Crippen molar-refractivity contribution in [2.24, 2.45) is 0 Å². The van der Waals surface area contributed by atoms with Gasteiger partial charge in [-0.25, -0.2) is 0 Å². The zero-order valence-electron chi connectivity index (χ0n) is 16.4. The summed E-state index contributed by atoms with van der Waals surface area (Å²) in [5.41, 5.74) is 0.195. The maximum absolute atomic E-state index is 13.4. The smallest absolute Gasteiger partial charge is 0.276 e. The average molecular weight is 463 g/mol.